The lowest BCUT2D eigenvalue weighted by molar-refractivity contribution is -0.0478. The zero-order chi connectivity index (χ0) is 21.6. The van der Waals surface area contributed by atoms with E-state index in [1.807, 2.05) is 0 Å². The molecule has 0 saturated carbocycles. The zero-order valence-electron chi connectivity index (χ0n) is 14.0. The Bertz CT molecular complexity index is 1010. The predicted octanol–water partition coefficient (Wildman–Crippen LogP) is -0.452. The molecule has 3 heterocycles. The first-order chi connectivity index (χ1) is 13.4. The molecule has 0 aromatic carbocycles. The van der Waals surface area contributed by atoms with Crippen molar-refractivity contribution in [2.24, 2.45) is 5.84 Å². The molecule has 1 aliphatic rings. The minimum atomic E-state index is -5.14. The van der Waals surface area contributed by atoms with E-state index in [0.717, 1.165) is 0 Å². The van der Waals surface area contributed by atoms with Gasteiger partial charge in [0.15, 0.2) is 23.2 Å². The minimum Gasteiger partial charge on any atom is -0.387 e. The Labute approximate surface area is 172 Å². The molecule has 1 fully saturated rings. The number of aliphatic hydroxyl groups excluding tert-OH is 2. The van der Waals surface area contributed by atoms with Crippen molar-refractivity contribution in [3.05, 3.63) is 11.6 Å². The largest absolute Gasteiger partial charge is 0.477 e. The van der Waals surface area contributed by atoms with Crippen LogP contribution < -0.4 is 11.3 Å². The predicted molar refractivity (Wildman–Crippen MR) is 99.7 cm³/mol. The molecule has 0 radical (unpaired) electrons. The second kappa shape index (κ2) is 8.34. The summed E-state index contributed by atoms with van der Waals surface area (Å²) < 4.78 is 38.0. The van der Waals surface area contributed by atoms with Gasteiger partial charge >= 0.3 is 14.6 Å². The lowest BCUT2D eigenvalue weighted by Crippen LogP contribution is -2.33. The topological polar surface area (TPSA) is 224 Å². The van der Waals surface area contributed by atoms with Crippen molar-refractivity contribution in [2.75, 3.05) is 12.0 Å². The molecule has 2 aromatic rings. The van der Waals surface area contributed by atoms with Crippen molar-refractivity contribution < 1.29 is 42.7 Å². The van der Waals surface area contributed by atoms with Crippen LogP contribution >= 0.6 is 38.5 Å². The van der Waals surface area contributed by atoms with Crippen molar-refractivity contribution in [2.45, 2.75) is 24.5 Å². The van der Waals surface area contributed by atoms with E-state index in [1.54, 1.807) is 0 Å². The summed E-state index contributed by atoms with van der Waals surface area (Å²) in [6.07, 6.45) is -4.29. The summed E-state index contributed by atoms with van der Waals surface area (Å²) in [6, 6.07) is 0. The maximum absolute atomic E-state index is 11.8. The van der Waals surface area contributed by atoms with Gasteiger partial charge in [-0.05, 0) is 11.6 Å². The van der Waals surface area contributed by atoms with E-state index in [-0.39, 0.29) is 22.3 Å². The minimum absolute atomic E-state index is 0.109. The van der Waals surface area contributed by atoms with Crippen LogP contribution in [0.2, 0.25) is 5.28 Å². The van der Waals surface area contributed by atoms with Gasteiger partial charge in [0, 0.05) is 0 Å². The van der Waals surface area contributed by atoms with E-state index < -0.39 is 45.8 Å². The smallest absolute Gasteiger partial charge is 0.387 e. The number of imidazole rings is 1. The number of hydrogen-bond acceptors (Lipinski definition) is 12. The van der Waals surface area contributed by atoms with E-state index in [4.69, 9.17) is 36.5 Å². The molecule has 2 aromatic heterocycles. The maximum atomic E-state index is 11.8. The molecule has 0 bridgehead atoms. The molecular weight excluding hydrogens is 478 g/mol. The number of nitrogens with two attached hydrogens (primary N) is 1. The number of ether oxygens (including phenoxy) is 1. The molecule has 0 amide bonds. The molecule has 5 atom stereocenters. The number of aromatic nitrogens is 4. The highest BCUT2D eigenvalue weighted by atomic mass is 35.5. The number of rotatable bonds is 7. The van der Waals surface area contributed by atoms with Gasteiger partial charge in [-0.2, -0.15) is 14.3 Å². The van der Waals surface area contributed by atoms with E-state index in [9.17, 15) is 19.3 Å². The molecule has 7 N–H and O–H groups in total. The first kappa shape index (κ1) is 22.8. The molecule has 3 rings (SSSR count). The molecule has 15 nitrogen and oxygen atoms in total. The Morgan fingerprint density at radius 1 is 1.34 bits per heavy atom. The summed E-state index contributed by atoms with van der Waals surface area (Å²) >= 11 is 9.26. The average Bonchev–Trinajstić information content (AvgIpc) is 3.12. The lowest BCUT2D eigenvalue weighted by Gasteiger charge is -2.18. The molecule has 1 unspecified atom stereocenters. The van der Waals surface area contributed by atoms with Crippen molar-refractivity contribution in [3.63, 3.8) is 0 Å². The molecule has 19 heteroatoms. The third-order valence-corrected chi connectivity index (χ3v) is 7.08. The molecule has 1 saturated heterocycles. The SMILES string of the molecule is NNc1nc(Cl)nc2c1ncn2[C@@H]1O[C@H](CO[P@@](=O)(S)OP(=O)(O)O)[C@@H](O)C1O. The van der Waals surface area contributed by atoms with Crippen molar-refractivity contribution in [3.8, 4) is 0 Å². The Morgan fingerprint density at radius 3 is 2.66 bits per heavy atom. The quantitative estimate of drug-likeness (QED) is 0.0854. The lowest BCUT2D eigenvalue weighted by atomic mass is 10.1. The number of fused-ring (bicyclic) bond motifs is 1. The van der Waals surface area contributed by atoms with E-state index in [2.05, 4.69) is 36.9 Å². The van der Waals surface area contributed by atoms with Crippen LogP contribution in [0, 0.1) is 0 Å². The van der Waals surface area contributed by atoms with E-state index in [0.29, 0.717) is 0 Å². The number of halogens is 1. The van der Waals surface area contributed by atoms with Crippen LogP contribution in [0.15, 0.2) is 6.33 Å². The van der Waals surface area contributed by atoms with Crippen LogP contribution in [0.5, 0.6) is 0 Å². The number of nitrogens with zero attached hydrogens (tertiary/aromatic N) is 4. The van der Waals surface area contributed by atoms with Crippen LogP contribution in [0.3, 0.4) is 0 Å². The standard InChI is InChI=1S/C10H15ClN6O9P2S/c11-10-14-7(16-12)4-8(15-10)17(2-13-4)9-6(19)5(18)3(25-9)1-24-28(23,29)26-27(20,21)22/h2-3,5-6,9,18-19H,1,12H2,(H,23,29)(H,14,15,16)(H2,20,21,22)/t3-,5-,6?,9-,28-/m1/s1. The summed E-state index contributed by atoms with van der Waals surface area (Å²) in [7, 11) is -5.14. The molecule has 162 valence electrons. The number of nitrogens with one attached hydrogen (secondary N) is 1. The second-order valence-corrected chi connectivity index (χ2v) is 10.3. The van der Waals surface area contributed by atoms with Crippen LogP contribution in [0.1, 0.15) is 6.23 Å². The van der Waals surface area contributed by atoms with Crippen LogP contribution in [0.25, 0.3) is 11.2 Å². The number of anilines is 1. The zero-order valence-corrected chi connectivity index (χ0v) is 17.4. The monoisotopic (exact) mass is 492 g/mol. The van der Waals surface area contributed by atoms with Gasteiger partial charge in [-0.25, -0.2) is 20.0 Å². The van der Waals surface area contributed by atoms with Gasteiger partial charge in [-0.3, -0.25) is 9.09 Å². The number of hydrogen-bond donors (Lipinski definition) is 7. The first-order valence-electron chi connectivity index (χ1n) is 7.54. The average molecular weight is 493 g/mol. The summed E-state index contributed by atoms with van der Waals surface area (Å²) in [5, 5.41) is 20.4. The summed E-state index contributed by atoms with van der Waals surface area (Å²) in [5.41, 5.74) is 2.63. The van der Waals surface area contributed by atoms with Gasteiger partial charge < -0.3 is 30.2 Å². The number of nitrogen functional groups attached to an aromatic ring is 1. The van der Waals surface area contributed by atoms with Gasteiger partial charge in [0.1, 0.15) is 18.3 Å². The Morgan fingerprint density at radius 2 is 2.03 bits per heavy atom. The molecule has 29 heavy (non-hydrogen) atoms. The number of phosphoric acid groups is 1. The van der Waals surface area contributed by atoms with Crippen molar-refractivity contribution >= 4 is 55.5 Å². The highest BCUT2D eigenvalue weighted by Gasteiger charge is 2.45. The Balaban J connectivity index is 1.80. The number of aliphatic hydroxyl groups is 2. The van der Waals surface area contributed by atoms with E-state index >= 15 is 0 Å². The fourth-order valence-corrected chi connectivity index (χ4v) is 5.42. The van der Waals surface area contributed by atoms with Crippen molar-refractivity contribution in [1.29, 1.82) is 0 Å². The molecule has 0 aliphatic carbocycles. The summed E-state index contributed by atoms with van der Waals surface area (Å²) in [6.45, 7) is -5.14. The molecular formula is C10H15ClN6O9P2S. The Kier molecular flexibility index (Phi) is 6.56. The Hall–Kier alpha value is -0.870. The first-order valence-corrected chi connectivity index (χ1v) is 12.1. The summed E-state index contributed by atoms with van der Waals surface area (Å²) in [4.78, 5) is 29.3. The highest BCUT2D eigenvalue weighted by molar-refractivity contribution is 8.45. The summed E-state index contributed by atoms with van der Waals surface area (Å²) in [5.74, 6) is 5.47. The van der Waals surface area contributed by atoms with Gasteiger partial charge in [-0.15, -0.1) is 0 Å². The van der Waals surface area contributed by atoms with Gasteiger partial charge in [0.25, 0.3) is 0 Å². The third-order valence-electron chi connectivity index (χ3n) is 3.75. The third kappa shape index (κ3) is 5.07. The highest BCUT2D eigenvalue weighted by Crippen LogP contribution is 2.63. The van der Waals surface area contributed by atoms with Crippen LogP contribution in [0.4, 0.5) is 5.82 Å². The molecule has 0 spiro atoms. The number of hydrazine groups is 1. The molecule has 1 aliphatic heterocycles. The van der Waals surface area contributed by atoms with E-state index in [1.165, 1.54) is 10.9 Å². The maximum Gasteiger partial charge on any atom is 0.477 e. The van der Waals surface area contributed by atoms with Gasteiger partial charge in [0.05, 0.1) is 12.9 Å². The second-order valence-electron chi connectivity index (χ2n) is 5.69. The van der Waals surface area contributed by atoms with Crippen LogP contribution in [-0.2, 0) is 22.7 Å². The number of thiol groups is 1. The normalized spacial score (nSPS) is 27.3. The van der Waals surface area contributed by atoms with Gasteiger partial charge in [0.2, 0.25) is 5.28 Å². The van der Waals surface area contributed by atoms with Crippen LogP contribution in [-0.4, -0.2) is 64.4 Å². The fourth-order valence-electron chi connectivity index (χ4n) is 2.60. The van der Waals surface area contributed by atoms with Crippen molar-refractivity contribution in [1.82, 2.24) is 19.5 Å². The fraction of sp³-hybridized carbons (Fsp3) is 0.500. The van der Waals surface area contributed by atoms with Gasteiger partial charge in [-0.1, -0.05) is 12.2 Å².